The molecule has 5 heteroatoms. The van der Waals surface area contributed by atoms with Crippen LogP contribution in [0.3, 0.4) is 0 Å². The number of ether oxygens (including phenoxy) is 1. The zero-order valence-electron chi connectivity index (χ0n) is 11.8. The number of halogens is 2. The number of esters is 1. The van der Waals surface area contributed by atoms with Crippen molar-refractivity contribution < 1.29 is 14.3 Å². The number of hydrogen-bond acceptors (Lipinski definition) is 3. The Balaban J connectivity index is 2.85. The molecule has 110 valence electrons. The number of carbonyl (C=O) groups is 2. The first kappa shape index (κ1) is 17.0. The van der Waals surface area contributed by atoms with Crippen LogP contribution in [0.5, 0.6) is 0 Å². The van der Waals surface area contributed by atoms with Gasteiger partial charge in [0.05, 0.1) is 16.7 Å². The van der Waals surface area contributed by atoms with Crippen LogP contribution in [0.25, 0.3) is 0 Å². The monoisotopic (exact) mass is 316 g/mol. The lowest BCUT2D eigenvalue weighted by Crippen LogP contribution is -2.31. The fourth-order valence-corrected chi connectivity index (χ4v) is 2.29. The van der Waals surface area contributed by atoms with Crippen molar-refractivity contribution in [1.29, 1.82) is 0 Å². The Morgan fingerprint density at radius 1 is 1.20 bits per heavy atom. The molecule has 0 heterocycles. The average molecular weight is 317 g/mol. The van der Waals surface area contributed by atoms with Crippen LogP contribution >= 0.6 is 23.2 Å². The van der Waals surface area contributed by atoms with Gasteiger partial charge in [-0.05, 0) is 30.5 Å². The van der Waals surface area contributed by atoms with E-state index in [1.165, 1.54) is 0 Å². The zero-order chi connectivity index (χ0) is 15.3. The summed E-state index contributed by atoms with van der Waals surface area (Å²) in [5.41, 5.74) is 0.736. The highest BCUT2D eigenvalue weighted by Gasteiger charge is 2.30. The molecule has 0 saturated heterocycles. The summed E-state index contributed by atoms with van der Waals surface area (Å²) in [6.45, 7) is 5.64. The van der Waals surface area contributed by atoms with Crippen molar-refractivity contribution >= 4 is 35.0 Å². The molecule has 1 unspecified atom stereocenters. The van der Waals surface area contributed by atoms with Crippen molar-refractivity contribution in [2.24, 2.45) is 11.8 Å². The Bertz CT molecular complexity index is 498. The summed E-state index contributed by atoms with van der Waals surface area (Å²) in [5.74, 6) is -1.49. The van der Waals surface area contributed by atoms with Gasteiger partial charge in [-0.2, -0.15) is 0 Å². The van der Waals surface area contributed by atoms with Crippen molar-refractivity contribution in [3.8, 4) is 0 Å². The van der Waals surface area contributed by atoms with Crippen molar-refractivity contribution in [1.82, 2.24) is 0 Å². The molecule has 1 aromatic rings. The van der Waals surface area contributed by atoms with Gasteiger partial charge in [0.15, 0.2) is 5.78 Å². The molecule has 0 saturated carbocycles. The predicted molar refractivity (Wildman–Crippen MR) is 80.1 cm³/mol. The first-order valence-corrected chi connectivity index (χ1v) is 7.25. The molecule has 0 aromatic heterocycles. The van der Waals surface area contributed by atoms with Gasteiger partial charge in [0.2, 0.25) is 0 Å². The third-order valence-electron chi connectivity index (χ3n) is 2.92. The third kappa shape index (κ3) is 4.50. The van der Waals surface area contributed by atoms with Gasteiger partial charge in [-0.3, -0.25) is 9.59 Å². The van der Waals surface area contributed by atoms with Gasteiger partial charge in [0.1, 0.15) is 5.92 Å². The molecule has 0 amide bonds. The molecule has 0 fully saturated rings. The summed E-state index contributed by atoms with van der Waals surface area (Å²) in [4.78, 5) is 24.1. The van der Waals surface area contributed by atoms with Crippen LogP contribution in [0.2, 0.25) is 10.0 Å². The minimum atomic E-state index is -0.746. The van der Waals surface area contributed by atoms with Crippen molar-refractivity contribution in [3.05, 3.63) is 33.8 Å². The highest BCUT2D eigenvalue weighted by Crippen LogP contribution is 2.24. The van der Waals surface area contributed by atoms with Crippen molar-refractivity contribution in [2.75, 3.05) is 6.61 Å². The van der Waals surface area contributed by atoms with Crippen LogP contribution < -0.4 is 0 Å². The summed E-state index contributed by atoms with van der Waals surface area (Å²) < 4.78 is 4.96. The normalized spacial score (nSPS) is 12.3. The second-order valence-electron chi connectivity index (χ2n) is 4.87. The Morgan fingerprint density at radius 3 is 2.35 bits per heavy atom. The second-order valence-corrected chi connectivity index (χ2v) is 5.68. The lowest BCUT2D eigenvalue weighted by molar-refractivity contribution is -0.153. The van der Waals surface area contributed by atoms with Crippen molar-refractivity contribution in [3.63, 3.8) is 0 Å². The number of rotatable bonds is 6. The molecule has 0 aliphatic carbocycles. The van der Waals surface area contributed by atoms with E-state index < -0.39 is 11.9 Å². The Morgan fingerprint density at radius 2 is 1.85 bits per heavy atom. The first-order chi connectivity index (χ1) is 9.36. The number of benzene rings is 1. The maximum absolute atomic E-state index is 12.3. The Labute approximate surface area is 129 Å². The van der Waals surface area contributed by atoms with Crippen LogP contribution in [0.15, 0.2) is 18.2 Å². The van der Waals surface area contributed by atoms with Gasteiger partial charge >= 0.3 is 5.97 Å². The molecular formula is C15H18Cl2O3. The number of hydrogen-bond donors (Lipinski definition) is 0. The molecule has 0 aliphatic heterocycles. The SMILES string of the molecule is CCOC(=O)C(C(=O)Cc1ccc(Cl)c(Cl)c1)C(C)C. The molecule has 0 spiro atoms. The summed E-state index contributed by atoms with van der Waals surface area (Å²) in [5, 5.41) is 0.836. The number of carbonyl (C=O) groups excluding carboxylic acids is 2. The van der Waals surface area contributed by atoms with Gasteiger partial charge < -0.3 is 4.74 Å². The quantitative estimate of drug-likeness (QED) is 0.589. The summed E-state index contributed by atoms with van der Waals surface area (Å²) in [6.07, 6.45) is 0.137. The van der Waals surface area contributed by atoms with E-state index >= 15 is 0 Å². The molecule has 20 heavy (non-hydrogen) atoms. The van der Waals surface area contributed by atoms with Crippen LogP contribution in [0, 0.1) is 11.8 Å². The van der Waals surface area contributed by atoms with E-state index in [9.17, 15) is 9.59 Å². The molecule has 1 atom stereocenters. The van der Waals surface area contributed by atoms with Gasteiger partial charge in [0, 0.05) is 6.42 Å². The molecule has 1 rings (SSSR count). The van der Waals surface area contributed by atoms with Crippen LogP contribution in [-0.2, 0) is 20.7 Å². The first-order valence-electron chi connectivity index (χ1n) is 6.50. The minimum absolute atomic E-state index is 0.107. The van der Waals surface area contributed by atoms with E-state index in [1.807, 2.05) is 13.8 Å². The topological polar surface area (TPSA) is 43.4 Å². The lowest BCUT2D eigenvalue weighted by atomic mass is 9.88. The predicted octanol–water partition coefficient (Wildman–Crippen LogP) is 3.94. The minimum Gasteiger partial charge on any atom is -0.465 e. The Kier molecular flexibility index (Phi) is 6.50. The largest absolute Gasteiger partial charge is 0.465 e. The summed E-state index contributed by atoms with van der Waals surface area (Å²) in [7, 11) is 0. The van der Waals surface area contributed by atoms with Crippen molar-refractivity contribution in [2.45, 2.75) is 27.2 Å². The second kappa shape index (κ2) is 7.65. The van der Waals surface area contributed by atoms with Crippen LogP contribution in [0.4, 0.5) is 0 Å². The highest BCUT2D eigenvalue weighted by molar-refractivity contribution is 6.42. The fraction of sp³-hybridized carbons (Fsp3) is 0.467. The number of Topliss-reactive ketones (excluding diaryl/α,β-unsaturated/α-hetero) is 1. The molecule has 1 aromatic carbocycles. The molecule has 0 aliphatic rings. The van der Waals surface area contributed by atoms with E-state index in [0.717, 1.165) is 5.56 Å². The van der Waals surface area contributed by atoms with Gasteiger partial charge in [-0.1, -0.05) is 43.1 Å². The third-order valence-corrected chi connectivity index (χ3v) is 3.66. The zero-order valence-corrected chi connectivity index (χ0v) is 13.3. The smallest absolute Gasteiger partial charge is 0.316 e. The van der Waals surface area contributed by atoms with Gasteiger partial charge in [-0.25, -0.2) is 0 Å². The standard InChI is InChI=1S/C15H18Cl2O3/c1-4-20-15(19)14(9(2)3)13(18)8-10-5-6-11(16)12(17)7-10/h5-7,9,14H,4,8H2,1-3H3. The van der Waals surface area contributed by atoms with E-state index in [2.05, 4.69) is 0 Å². The summed E-state index contributed by atoms with van der Waals surface area (Å²) in [6, 6.07) is 5.01. The van der Waals surface area contributed by atoms with E-state index in [-0.39, 0.29) is 24.7 Å². The Hall–Kier alpha value is -1.06. The lowest BCUT2D eigenvalue weighted by Gasteiger charge is -2.18. The van der Waals surface area contributed by atoms with E-state index in [1.54, 1.807) is 25.1 Å². The number of ketones is 1. The van der Waals surface area contributed by atoms with E-state index in [0.29, 0.717) is 10.0 Å². The van der Waals surface area contributed by atoms with Crippen LogP contribution in [0.1, 0.15) is 26.3 Å². The average Bonchev–Trinajstić information content (AvgIpc) is 2.33. The molecule has 3 nitrogen and oxygen atoms in total. The highest BCUT2D eigenvalue weighted by atomic mass is 35.5. The van der Waals surface area contributed by atoms with E-state index in [4.69, 9.17) is 27.9 Å². The molecular weight excluding hydrogens is 299 g/mol. The molecule has 0 N–H and O–H groups in total. The molecule has 0 radical (unpaired) electrons. The molecule has 0 bridgehead atoms. The van der Waals surface area contributed by atoms with Gasteiger partial charge in [0.25, 0.3) is 0 Å². The van der Waals surface area contributed by atoms with Crippen LogP contribution in [-0.4, -0.2) is 18.4 Å². The maximum atomic E-state index is 12.3. The fourth-order valence-electron chi connectivity index (χ4n) is 1.97. The van der Waals surface area contributed by atoms with Gasteiger partial charge in [-0.15, -0.1) is 0 Å². The maximum Gasteiger partial charge on any atom is 0.316 e. The summed E-state index contributed by atoms with van der Waals surface area (Å²) >= 11 is 11.7.